The third-order valence-corrected chi connectivity index (χ3v) is 4.66. The second-order valence-corrected chi connectivity index (χ2v) is 7.12. The molecular weight excluding hydrogens is 346 g/mol. The van der Waals surface area contributed by atoms with Gasteiger partial charge in [0.25, 0.3) is 0 Å². The Kier molecular flexibility index (Phi) is 5.50. The van der Waals surface area contributed by atoms with Gasteiger partial charge in [0.2, 0.25) is 5.13 Å². The molecule has 0 spiro atoms. The van der Waals surface area contributed by atoms with Crippen molar-refractivity contribution in [1.29, 1.82) is 0 Å². The van der Waals surface area contributed by atoms with Crippen LogP contribution in [0.2, 0.25) is 5.02 Å². The molecule has 3 rings (SSSR count). The van der Waals surface area contributed by atoms with E-state index in [1.807, 2.05) is 31.2 Å². The SMILES string of the molecule is CC(CC(O)c1ccco1)Nc1nnc(Cc2ccc(Cl)cc2)s1. The zero-order chi connectivity index (χ0) is 16.9. The summed E-state index contributed by atoms with van der Waals surface area (Å²) in [4.78, 5) is 0. The number of halogens is 1. The Balaban J connectivity index is 1.54. The number of aliphatic hydroxyl groups is 1. The maximum absolute atomic E-state index is 10.1. The van der Waals surface area contributed by atoms with E-state index >= 15 is 0 Å². The lowest BCUT2D eigenvalue weighted by molar-refractivity contribution is 0.136. The third-order valence-electron chi connectivity index (χ3n) is 3.55. The Morgan fingerprint density at radius 1 is 1.25 bits per heavy atom. The van der Waals surface area contributed by atoms with Gasteiger partial charge in [-0.05, 0) is 36.8 Å². The standard InChI is InChI=1S/C17H18ClN3O2S/c1-11(9-14(22)15-3-2-8-23-15)19-17-21-20-16(24-17)10-12-4-6-13(18)7-5-12/h2-8,11,14,22H,9-10H2,1H3,(H,19,21). The molecule has 0 radical (unpaired) electrons. The summed E-state index contributed by atoms with van der Waals surface area (Å²) in [7, 11) is 0. The molecule has 0 bridgehead atoms. The second-order valence-electron chi connectivity index (χ2n) is 5.62. The Labute approximate surface area is 149 Å². The van der Waals surface area contributed by atoms with Crippen LogP contribution in [0.4, 0.5) is 5.13 Å². The van der Waals surface area contributed by atoms with Crippen LogP contribution >= 0.6 is 22.9 Å². The van der Waals surface area contributed by atoms with Crippen LogP contribution < -0.4 is 5.32 Å². The fourth-order valence-corrected chi connectivity index (χ4v) is 3.37. The quantitative estimate of drug-likeness (QED) is 0.654. The van der Waals surface area contributed by atoms with Crippen molar-refractivity contribution in [2.45, 2.75) is 31.9 Å². The van der Waals surface area contributed by atoms with Crippen LogP contribution in [0, 0.1) is 0 Å². The Morgan fingerprint density at radius 3 is 2.75 bits per heavy atom. The molecule has 0 fully saturated rings. The average molecular weight is 364 g/mol. The van der Waals surface area contributed by atoms with E-state index in [4.69, 9.17) is 16.0 Å². The lowest BCUT2D eigenvalue weighted by atomic mass is 10.1. The van der Waals surface area contributed by atoms with Crippen molar-refractivity contribution in [2.75, 3.05) is 5.32 Å². The summed E-state index contributed by atoms with van der Waals surface area (Å²) in [6.45, 7) is 1.99. The fourth-order valence-electron chi connectivity index (χ4n) is 2.36. The number of aromatic nitrogens is 2. The van der Waals surface area contributed by atoms with E-state index in [9.17, 15) is 5.11 Å². The summed E-state index contributed by atoms with van der Waals surface area (Å²) in [6.07, 6.45) is 2.17. The largest absolute Gasteiger partial charge is 0.467 e. The maximum atomic E-state index is 10.1. The summed E-state index contributed by atoms with van der Waals surface area (Å²) in [5.41, 5.74) is 1.14. The van der Waals surface area contributed by atoms with Crippen LogP contribution in [-0.4, -0.2) is 21.3 Å². The van der Waals surface area contributed by atoms with E-state index in [0.29, 0.717) is 12.2 Å². The first-order valence-electron chi connectivity index (χ1n) is 7.65. The van der Waals surface area contributed by atoms with Crippen molar-refractivity contribution in [2.24, 2.45) is 0 Å². The van der Waals surface area contributed by atoms with Gasteiger partial charge in [-0.2, -0.15) is 0 Å². The molecule has 2 unspecified atom stereocenters. The molecule has 0 aliphatic rings. The van der Waals surface area contributed by atoms with Gasteiger partial charge in [-0.25, -0.2) is 0 Å². The first-order chi connectivity index (χ1) is 11.6. The molecule has 0 saturated carbocycles. The van der Waals surface area contributed by atoms with Crippen LogP contribution in [0.1, 0.15) is 35.8 Å². The highest BCUT2D eigenvalue weighted by Crippen LogP contribution is 2.23. The molecule has 2 N–H and O–H groups in total. The normalized spacial score (nSPS) is 13.6. The first-order valence-corrected chi connectivity index (χ1v) is 8.84. The molecular formula is C17H18ClN3O2S. The number of aliphatic hydroxyl groups excluding tert-OH is 1. The summed E-state index contributed by atoms with van der Waals surface area (Å²) in [5, 5.41) is 24.2. The molecule has 1 aromatic carbocycles. The molecule has 0 aliphatic carbocycles. The van der Waals surface area contributed by atoms with Crippen LogP contribution in [0.5, 0.6) is 0 Å². The van der Waals surface area contributed by atoms with Crippen molar-refractivity contribution in [3.05, 3.63) is 64.0 Å². The van der Waals surface area contributed by atoms with E-state index in [2.05, 4.69) is 15.5 Å². The molecule has 0 aliphatic heterocycles. The number of hydrogen-bond acceptors (Lipinski definition) is 6. The molecule has 2 heterocycles. The molecule has 2 aromatic heterocycles. The van der Waals surface area contributed by atoms with Crippen molar-refractivity contribution >= 4 is 28.1 Å². The number of hydrogen-bond donors (Lipinski definition) is 2. The van der Waals surface area contributed by atoms with Gasteiger partial charge in [0.1, 0.15) is 16.9 Å². The number of rotatable bonds is 7. The fraction of sp³-hybridized carbons (Fsp3) is 0.294. The van der Waals surface area contributed by atoms with E-state index < -0.39 is 6.10 Å². The van der Waals surface area contributed by atoms with Crippen molar-refractivity contribution in [1.82, 2.24) is 10.2 Å². The zero-order valence-corrected chi connectivity index (χ0v) is 14.7. The highest BCUT2D eigenvalue weighted by atomic mass is 35.5. The molecule has 2 atom stereocenters. The monoisotopic (exact) mass is 363 g/mol. The smallest absolute Gasteiger partial charge is 0.205 e. The Morgan fingerprint density at radius 2 is 2.04 bits per heavy atom. The molecule has 0 saturated heterocycles. The van der Waals surface area contributed by atoms with Gasteiger partial charge in [-0.1, -0.05) is 35.1 Å². The van der Waals surface area contributed by atoms with Crippen LogP contribution in [0.15, 0.2) is 47.1 Å². The number of furan rings is 1. The van der Waals surface area contributed by atoms with Crippen molar-refractivity contribution in [3.8, 4) is 0 Å². The molecule has 24 heavy (non-hydrogen) atoms. The highest BCUT2D eigenvalue weighted by molar-refractivity contribution is 7.15. The molecule has 3 aromatic rings. The number of nitrogens with zero attached hydrogens (tertiary/aromatic N) is 2. The predicted molar refractivity (Wildman–Crippen MR) is 95.5 cm³/mol. The summed E-state index contributed by atoms with van der Waals surface area (Å²) >= 11 is 7.41. The van der Waals surface area contributed by atoms with E-state index in [1.165, 1.54) is 11.3 Å². The second kappa shape index (κ2) is 7.79. The Hall–Kier alpha value is -1.89. The van der Waals surface area contributed by atoms with Gasteiger partial charge in [-0.3, -0.25) is 0 Å². The number of nitrogens with one attached hydrogen (secondary N) is 1. The van der Waals surface area contributed by atoms with Gasteiger partial charge in [0.15, 0.2) is 0 Å². The lowest BCUT2D eigenvalue weighted by Gasteiger charge is -2.15. The Bertz CT molecular complexity index is 759. The molecule has 7 heteroatoms. The van der Waals surface area contributed by atoms with Crippen LogP contribution in [-0.2, 0) is 6.42 Å². The van der Waals surface area contributed by atoms with E-state index in [-0.39, 0.29) is 6.04 Å². The lowest BCUT2D eigenvalue weighted by Crippen LogP contribution is -2.18. The van der Waals surface area contributed by atoms with Crippen molar-refractivity contribution in [3.63, 3.8) is 0 Å². The minimum Gasteiger partial charge on any atom is -0.467 e. The molecule has 5 nitrogen and oxygen atoms in total. The van der Waals surface area contributed by atoms with E-state index in [0.717, 1.165) is 27.1 Å². The van der Waals surface area contributed by atoms with Gasteiger partial charge in [-0.15, -0.1) is 10.2 Å². The minimum absolute atomic E-state index is 0.0430. The third kappa shape index (κ3) is 4.56. The summed E-state index contributed by atoms with van der Waals surface area (Å²) < 4.78 is 5.21. The minimum atomic E-state index is -0.635. The zero-order valence-electron chi connectivity index (χ0n) is 13.1. The number of benzene rings is 1. The summed E-state index contributed by atoms with van der Waals surface area (Å²) in [5.74, 6) is 0.573. The number of anilines is 1. The van der Waals surface area contributed by atoms with Gasteiger partial charge in [0, 0.05) is 23.9 Å². The van der Waals surface area contributed by atoms with Gasteiger partial charge < -0.3 is 14.8 Å². The first kappa shape index (κ1) is 17.0. The average Bonchev–Trinajstić information content (AvgIpc) is 3.21. The van der Waals surface area contributed by atoms with Gasteiger partial charge >= 0.3 is 0 Å². The van der Waals surface area contributed by atoms with Crippen molar-refractivity contribution < 1.29 is 9.52 Å². The van der Waals surface area contributed by atoms with E-state index in [1.54, 1.807) is 18.4 Å². The molecule has 126 valence electrons. The van der Waals surface area contributed by atoms with Gasteiger partial charge in [0.05, 0.1) is 6.26 Å². The maximum Gasteiger partial charge on any atom is 0.205 e. The highest BCUT2D eigenvalue weighted by Gasteiger charge is 2.16. The van der Waals surface area contributed by atoms with Crippen LogP contribution in [0.3, 0.4) is 0 Å². The summed E-state index contributed by atoms with van der Waals surface area (Å²) in [6, 6.07) is 11.3. The predicted octanol–water partition coefficient (Wildman–Crippen LogP) is 4.30. The van der Waals surface area contributed by atoms with Crippen LogP contribution in [0.25, 0.3) is 0 Å². The molecule has 0 amide bonds. The topological polar surface area (TPSA) is 71.2 Å².